The highest BCUT2D eigenvalue weighted by Crippen LogP contribution is 2.46. The number of imide groups is 1. The minimum absolute atomic E-state index is 0.0868. The van der Waals surface area contributed by atoms with Crippen molar-refractivity contribution < 1.29 is 23.9 Å². The molecule has 3 aliphatic heterocycles. The first-order valence-electron chi connectivity index (χ1n) is 9.23. The molecule has 2 fully saturated rings. The molecule has 1 aromatic rings. The molecule has 3 heterocycles. The van der Waals surface area contributed by atoms with Crippen molar-refractivity contribution in [2.24, 2.45) is 0 Å². The average Bonchev–Trinajstić information content (AvgIpc) is 3.00. The maximum Gasteiger partial charge on any atom is 0.255 e. The Kier molecular flexibility index (Phi) is 4.51. The van der Waals surface area contributed by atoms with E-state index in [-0.39, 0.29) is 23.7 Å². The second-order valence-corrected chi connectivity index (χ2v) is 7.34. The van der Waals surface area contributed by atoms with Crippen molar-refractivity contribution >= 4 is 17.7 Å². The molecule has 0 unspecified atom stereocenters. The molecule has 3 N–H and O–H groups in total. The Bertz CT molecular complexity index is 801. The van der Waals surface area contributed by atoms with E-state index in [1.165, 1.54) is 7.11 Å². The fourth-order valence-corrected chi connectivity index (χ4v) is 4.12. The van der Waals surface area contributed by atoms with Gasteiger partial charge in [0.1, 0.15) is 17.5 Å². The molecule has 2 saturated heterocycles. The van der Waals surface area contributed by atoms with Crippen LogP contribution in [0.3, 0.4) is 0 Å². The van der Waals surface area contributed by atoms with Gasteiger partial charge in [-0.2, -0.15) is 0 Å². The van der Waals surface area contributed by atoms with Gasteiger partial charge in [-0.25, -0.2) is 0 Å². The van der Waals surface area contributed by atoms with E-state index in [1.54, 1.807) is 6.07 Å². The molecular formula is C19H23N3O5. The third-order valence-corrected chi connectivity index (χ3v) is 5.73. The Morgan fingerprint density at radius 2 is 2.07 bits per heavy atom. The van der Waals surface area contributed by atoms with Gasteiger partial charge in [0.05, 0.1) is 19.3 Å². The molecule has 0 saturated carbocycles. The van der Waals surface area contributed by atoms with Gasteiger partial charge < -0.3 is 20.1 Å². The number of carbonyl (C=O) groups excluding carboxylic acids is 3. The van der Waals surface area contributed by atoms with Gasteiger partial charge >= 0.3 is 0 Å². The van der Waals surface area contributed by atoms with Crippen LogP contribution in [0.5, 0.6) is 11.5 Å². The number of carbonyl (C=O) groups is 3. The summed E-state index contributed by atoms with van der Waals surface area (Å²) in [6, 6.07) is 2.87. The van der Waals surface area contributed by atoms with Crippen LogP contribution < -0.4 is 25.4 Å². The van der Waals surface area contributed by atoms with Crippen LogP contribution >= 0.6 is 0 Å². The van der Waals surface area contributed by atoms with Crippen LogP contribution in [0.4, 0.5) is 0 Å². The number of hydrogen-bond acceptors (Lipinski definition) is 6. The van der Waals surface area contributed by atoms with Crippen molar-refractivity contribution in [3.63, 3.8) is 0 Å². The van der Waals surface area contributed by atoms with Gasteiger partial charge in [0, 0.05) is 23.5 Å². The highest BCUT2D eigenvalue weighted by atomic mass is 16.5. The molecule has 1 aromatic carbocycles. The molecule has 0 bridgehead atoms. The molecular weight excluding hydrogens is 350 g/mol. The molecule has 8 nitrogen and oxygen atoms in total. The lowest BCUT2D eigenvalue weighted by Gasteiger charge is -2.32. The molecule has 1 spiro atoms. The van der Waals surface area contributed by atoms with Crippen LogP contribution in [0.1, 0.15) is 41.6 Å². The van der Waals surface area contributed by atoms with E-state index in [2.05, 4.69) is 16.0 Å². The molecule has 0 aliphatic carbocycles. The summed E-state index contributed by atoms with van der Waals surface area (Å²) < 4.78 is 11.3. The van der Waals surface area contributed by atoms with Crippen LogP contribution in [0.25, 0.3) is 0 Å². The van der Waals surface area contributed by atoms with Gasteiger partial charge in [0.15, 0.2) is 0 Å². The first-order chi connectivity index (χ1) is 13.0. The smallest absolute Gasteiger partial charge is 0.255 e. The fraction of sp³-hybridized carbons (Fsp3) is 0.526. The zero-order chi connectivity index (χ0) is 19.0. The van der Waals surface area contributed by atoms with Gasteiger partial charge in [-0.3, -0.25) is 19.7 Å². The Morgan fingerprint density at radius 1 is 1.30 bits per heavy atom. The molecule has 8 heteroatoms. The van der Waals surface area contributed by atoms with Crippen molar-refractivity contribution in [1.82, 2.24) is 16.0 Å². The number of nitrogens with one attached hydrogen (secondary N) is 3. The van der Waals surface area contributed by atoms with Gasteiger partial charge in [0.25, 0.3) is 5.91 Å². The topological polar surface area (TPSA) is 106 Å². The third-order valence-electron chi connectivity index (χ3n) is 5.73. The van der Waals surface area contributed by atoms with Gasteiger partial charge in [-0.1, -0.05) is 0 Å². The Hall–Kier alpha value is -2.61. The SMILES string of the molecule is COc1cc2c(cc1C(=O)N[C@H]1CCC(=O)NC1=O)C1(CCNCC1)CO2. The maximum atomic E-state index is 12.9. The second-order valence-electron chi connectivity index (χ2n) is 7.34. The van der Waals surface area contributed by atoms with E-state index in [4.69, 9.17) is 9.47 Å². The van der Waals surface area contributed by atoms with Crippen molar-refractivity contribution in [3.8, 4) is 11.5 Å². The summed E-state index contributed by atoms with van der Waals surface area (Å²) in [7, 11) is 1.50. The van der Waals surface area contributed by atoms with Crippen LogP contribution in [0, 0.1) is 0 Å². The number of piperidine rings is 2. The van der Waals surface area contributed by atoms with Crippen LogP contribution in [0.2, 0.25) is 0 Å². The standard InChI is InChI=1S/C19H23N3O5/c1-26-14-9-15-12(19(10-27-15)4-6-20-7-5-19)8-11(14)17(24)21-13-2-3-16(23)22-18(13)25/h8-9,13,20H,2-7,10H2,1H3,(H,21,24)(H,22,23,25)/t13-/m0/s1. The summed E-state index contributed by atoms with van der Waals surface area (Å²) in [6.45, 7) is 2.42. The van der Waals surface area contributed by atoms with E-state index in [1.807, 2.05) is 6.07 Å². The normalized spacial score (nSPS) is 23.4. The number of ether oxygens (including phenoxy) is 2. The fourth-order valence-electron chi connectivity index (χ4n) is 4.12. The van der Waals surface area contributed by atoms with Crippen molar-refractivity contribution in [3.05, 3.63) is 23.3 Å². The van der Waals surface area contributed by atoms with Gasteiger partial charge in [-0.15, -0.1) is 0 Å². The summed E-state index contributed by atoms with van der Waals surface area (Å²) in [5.41, 5.74) is 1.32. The van der Waals surface area contributed by atoms with Gasteiger partial charge in [-0.05, 0) is 38.4 Å². The Morgan fingerprint density at radius 3 is 2.78 bits per heavy atom. The first-order valence-corrected chi connectivity index (χ1v) is 9.23. The van der Waals surface area contributed by atoms with E-state index >= 15 is 0 Å². The lowest BCUT2D eigenvalue weighted by atomic mass is 9.74. The van der Waals surface area contributed by atoms with Gasteiger partial charge in [0.2, 0.25) is 11.8 Å². The van der Waals surface area contributed by atoms with E-state index in [9.17, 15) is 14.4 Å². The van der Waals surface area contributed by atoms with E-state index in [0.29, 0.717) is 24.3 Å². The molecule has 0 radical (unpaired) electrons. The summed E-state index contributed by atoms with van der Waals surface area (Å²) in [4.78, 5) is 36.1. The highest BCUT2D eigenvalue weighted by molar-refractivity contribution is 6.04. The number of fused-ring (bicyclic) bond motifs is 2. The van der Waals surface area contributed by atoms with Crippen molar-refractivity contribution in [2.75, 3.05) is 26.8 Å². The van der Waals surface area contributed by atoms with E-state index in [0.717, 1.165) is 37.2 Å². The Balaban J connectivity index is 1.62. The number of hydrogen-bond donors (Lipinski definition) is 3. The maximum absolute atomic E-state index is 12.9. The van der Waals surface area contributed by atoms with E-state index < -0.39 is 11.9 Å². The number of methoxy groups -OCH3 is 1. The molecule has 3 amide bonds. The Labute approximate surface area is 157 Å². The van der Waals surface area contributed by atoms with Crippen molar-refractivity contribution in [2.45, 2.75) is 37.1 Å². The third kappa shape index (κ3) is 3.14. The predicted molar refractivity (Wildman–Crippen MR) is 95.9 cm³/mol. The minimum atomic E-state index is -0.725. The summed E-state index contributed by atoms with van der Waals surface area (Å²) in [6.07, 6.45) is 2.39. The lowest BCUT2D eigenvalue weighted by Crippen LogP contribution is -2.52. The monoisotopic (exact) mass is 373 g/mol. The zero-order valence-corrected chi connectivity index (χ0v) is 15.2. The predicted octanol–water partition coefficient (Wildman–Crippen LogP) is 0.244. The second kappa shape index (κ2) is 6.84. The lowest BCUT2D eigenvalue weighted by molar-refractivity contribution is -0.134. The summed E-state index contributed by atoms with van der Waals surface area (Å²) in [5, 5.41) is 8.34. The minimum Gasteiger partial charge on any atom is -0.496 e. The number of rotatable bonds is 3. The number of amides is 3. The van der Waals surface area contributed by atoms with Crippen molar-refractivity contribution in [1.29, 1.82) is 0 Å². The average molecular weight is 373 g/mol. The largest absolute Gasteiger partial charge is 0.496 e. The molecule has 27 heavy (non-hydrogen) atoms. The molecule has 144 valence electrons. The summed E-state index contributed by atoms with van der Waals surface area (Å²) >= 11 is 0. The quantitative estimate of drug-likeness (QED) is 0.656. The van der Waals surface area contributed by atoms with Crippen LogP contribution in [-0.4, -0.2) is 50.6 Å². The first kappa shape index (κ1) is 17.8. The van der Waals surface area contributed by atoms with Crippen LogP contribution in [-0.2, 0) is 15.0 Å². The molecule has 1 atom stereocenters. The highest BCUT2D eigenvalue weighted by Gasteiger charge is 2.42. The molecule has 0 aromatic heterocycles. The summed E-state index contributed by atoms with van der Waals surface area (Å²) in [5.74, 6) is -0.0144. The molecule has 3 aliphatic rings. The zero-order valence-electron chi connectivity index (χ0n) is 15.2. The van der Waals surface area contributed by atoms with Crippen LogP contribution in [0.15, 0.2) is 12.1 Å². The number of benzene rings is 1. The molecule has 4 rings (SSSR count).